The number of hydrogen-bond donors (Lipinski definition) is 4. The van der Waals surface area contributed by atoms with Crippen molar-refractivity contribution in [3.8, 4) is 0 Å². The minimum atomic E-state index is -0.939. The van der Waals surface area contributed by atoms with Crippen LogP contribution < -0.4 is 10.6 Å². The number of aliphatic carboxylic acids is 1. The summed E-state index contributed by atoms with van der Waals surface area (Å²) in [4.78, 5) is 24.0. The van der Waals surface area contributed by atoms with Gasteiger partial charge in [-0.1, -0.05) is 34.1 Å². The first kappa shape index (κ1) is 25.8. The maximum atomic E-state index is 12.6. The Morgan fingerprint density at radius 3 is 2.19 bits per heavy atom. The molecule has 0 radical (unpaired) electrons. The van der Waals surface area contributed by atoms with Gasteiger partial charge in [0.1, 0.15) is 12.6 Å². The smallest absolute Gasteiger partial charge is 0.307 e. The maximum absolute atomic E-state index is 12.6. The van der Waals surface area contributed by atoms with E-state index >= 15 is 0 Å². The van der Waals surface area contributed by atoms with E-state index in [-0.39, 0.29) is 17.4 Å². The zero-order valence-corrected chi connectivity index (χ0v) is 18.3. The van der Waals surface area contributed by atoms with E-state index in [1.165, 1.54) is 0 Å². The predicted molar refractivity (Wildman–Crippen MR) is 108 cm³/mol. The molecule has 0 aliphatic carbocycles. The number of nitrogens with one attached hydrogen (secondary N) is 2. The lowest BCUT2D eigenvalue weighted by Gasteiger charge is -2.35. The van der Waals surface area contributed by atoms with Crippen LogP contribution >= 0.6 is 0 Å². The molecule has 0 bridgehead atoms. The molecule has 0 fully saturated rings. The average molecular weight is 389 g/mol. The number of aliphatic hydroxyl groups excluding tert-OH is 1. The monoisotopic (exact) mass is 388 g/mol. The van der Waals surface area contributed by atoms with Crippen LogP contribution in [0, 0.1) is 17.3 Å². The number of aliphatic hydroxyl groups is 1. The second kappa shape index (κ2) is 11.6. The van der Waals surface area contributed by atoms with Crippen molar-refractivity contribution in [3.05, 3.63) is 0 Å². The molecule has 7 nitrogen and oxygen atoms in total. The van der Waals surface area contributed by atoms with Crippen molar-refractivity contribution in [2.24, 2.45) is 17.3 Å². The number of carbonyl (C=O) groups is 2. The van der Waals surface area contributed by atoms with Gasteiger partial charge >= 0.3 is 5.97 Å². The highest BCUT2D eigenvalue weighted by atomic mass is 16.4. The zero-order chi connectivity index (χ0) is 21.3. The van der Waals surface area contributed by atoms with E-state index in [1.807, 2.05) is 20.8 Å². The number of hydrogen-bond acceptors (Lipinski definition) is 4. The van der Waals surface area contributed by atoms with Gasteiger partial charge in [0.2, 0.25) is 5.91 Å². The van der Waals surface area contributed by atoms with E-state index in [1.54, 1.807) is 6.92 Å². The maximum Gasteiger partial charge on any atom is 0.307 e. The summed E-state index contributed by atoms with van der Waals surface area (Å²) in [5, 5.41) is 25.5. The van der Waals surface area contributed by atoms with Crippen molar-refractivity contribution >= 4 is 11.9 Å². The first-order valence-corrected chi connectivity index (χ1v) is 10.0. The highest BCUT2D eigenvalue weighted by molar-refractivity contribution is 5.85. The van der Waals surface area contributed by atoms with Crippen molar-refractivity contribution < 1.29 is 24.3 Å². The number of nitrogens with zero attached hydrogens (tertiary/aromatic N) is 1. The molecule has 0 rings (SSSR count). The largest absolute Gasteiger partial charge is 0.481 e. The van der Waals surface area contributed by atoms with Gasteiger partial charge in [-0.2, -0.15) is 0 Å². The Balaban J connectivity index is 4.21. The fraction of sp³-hybridized carbons (Fsp3) is 0.900. The molecule has 4 N–H and O–H groups in total. The Morgan fingerprint density at radius 1 is 1.11 bits per heavy atom. The van der Waals surface area contributed by atoms with Crippen LogP contribution in [-0.4, -0.2) is 80.0 Å². The highest BCUT2D eigenvalue weighted by Gasteiger charge is 2.40. The number of likely N-dealkylation sites (N-methyl/N-ethyl adjacent to an activating group) is 1. The van der Waals surface area contributed by atoms with Crippen molar-refractivity contribution in [2.45, 2.75) is 53.1 Å². The molecule has 0 aliphatic heterocycles. The van der Waals surface area contributed by atoms with Gasteiger partial charge in [0.25, 0.3) is 0 Å². The Morgan fingerprint density at radius 2 is 1.70 bits per heavy atom. The van der Waals surface area contributed by atoms with E-state index in [0.717, 1.165) is 30.4 Å². The Hall–Kier alpha value is -1.18. The molecular formula is C20H42N3O4+. The fourth-order valence-corrected chi connectivity index (χ4v) is 3.27. The quantitative estimate of drug-likeness (QED) is 0.266. The number of quaternary nitrogens is 1. The van der Waals surface area contributed by atoms with Gasteiger partial charge < -0.3 is 25.3 Å². The second-order valence-electron chi connectivity index (χ2n) is 9.26. The van der Waals surface area contributed by atoms with Crippen molar-refractivity contribution in [1.82, 2.24) is 10.6 Å². The van der Waals surface area contributed by atoms with Crippen LogP contribution in [0.3, 0.4) is 0 Å². The molecule has 0 saturated heterocycles. The minimum Gasteiger partial charge on any atom is -0.481 e. The first-order chi connectivity index (χ1) is 12.3. The van der Waals surface area contributed by atoms with E-state index < -0.39 is 17.8 Å². The molecule has 0 aromatic carbocycles. The highest BCUT2D eigenvalue weighted by Crippen LogP contribution is 2.36. The second-order valence-corrected chi connectivity index (χ2v) is 9.26. The lowest BCUT2D eigenvalue weighted by Crippen LogP contribution is -2.45. The van der Waals surface area contributed by atoms with Gasteiger partial charge in [-0.3, -0.25) is 9.59 Å². The van der Waals surface area contributed by atoms with Gasteiger partial charge in [-0.25, -0.2) is 0 Å². The summed E-state index contributed by atoms with van der Waals surface area (Å²) >= 11 is 0. The van der Waals surface area contributed by atoms with E-state index in [0.29, 0.717) is 19.5 Å². The van der Waals surface area contributed by atoms with Crippen LogP contribution in [0.25, 0.3) is 0 Å². The number of carboxylic acids is 1. The molecule has 7 heteroatoms. The SMILES string of the molecule is CCC(C)(C)C(C(=O)NCCCNCCC(O)C[N+](C)(C)C)C(C)C(=O)O. The summed E-state index contributed by atoms with van der Waals surface area (Å²) in [5.41, 5.74) is -0.373. The molecule has 3 unspecified atom stereocenters. The normalized spacial score (nSPS) is 15.9. The average Bonchev–Trinajstić information content (AvgIpc) is 2.51. The minimum absolute atomic E-state index is 0.185. The third kappa shape index (κ3) is 10.7. The summed E-state index contributed by atoms with van der Waals surface area (Å²) in [5.74, 6) is -2.40. The Bertz CT molecular complexity index is 461. The van der Waals surface area contributed by atoms with Gasteiger partial charge in [-0.15, -0.1) is 0 Å². The van der Waals surface area contributed by atoms with Gasteiger partial charge in [0.15, 0.2) is 0 Å². The lowest BCUT2D eigenvalue weighted by molar-refractivity contribution is -0.873. The molecule has 0 aromatic rings. The lowest BCUT2D eigenvalue weighted by atomic mass is 9.70. The van der Waals surface area contributed by atoms with Crippen LogP contribution in [0.15, 0.2) is 0 Å². The molecular weight excluding hydrogens is 346 g/mol. The Kier molecular flexibility index (Phi) is 11.1. The number of carboxylic acid groups (broad SMARTS) is 1. The summed E-state index contributed by atoms with van der Waals surface area (Å²) < 4.78 is 0.733. The Labute approximate surface area is 165 Å². The first-order valence-electron chi connectivity index (χ1n) is 10.0. The molecule has 1 amide bonds. The van der Waals surface area contributed by atoms with E-state index in [2.05, 4.69) is 31.8 Å². The van der Waals surface area contributed by atoms with E-state index in [4.69, 9.17) is 0 Å². The van der Waals surface area contributed by atoms with Gasteiger partial charge in [0.05, 0.1) is 33.0 Å². The predicted octanol–water partition coefficient (Wildman–Crippen LogP) is 1.31. The van der Waals surface area contributed by atoms with Crippen molar-refractivity contribution in [1.29, 1.82) is 0 Å². The third-order valence-electron chi connectivity index (χ3n) is 5.17. The molecule has 0 heterocycles. The van der Waals surface area contributed by atoms with Crippen molar-refractivity contribution in [3.63, 3.8) is 0 Å². The van der Waals surface area contributed by atoms with Crippen LogP contribution in [0.5, 0.6) is 0 Å². The zero-order valence-electron chi connectivity index (χ0n) is 18.3. The molecule has 0 aliphatic rings. The van der Waals surface area contributed by atoms with Crippen LogP contribution in [0.2, 0.25) is 0 Å². The molecule has 0 saturated carbocycles. The van der Waals surface area contributed by atoms with Gasteiger partial charge in [0, 0.05) is 6.54 Å². The molecule has 27 heavy (non-hydrogen) atoms. The molecule has 3 atom stereocenters. The number of carbonyl (C=O) groups excluding carboxylic acids is 1. The summed E-state index contributed by atoms with van der Waals surface area (Å²) in [6.07, 6.45) is 1.87. The van der Waals surface area contributed by atoms with Crippen molar-refractivity contribution in [2.75, 3.05) is 47.3 Å². The summed E-state index contributed by atoms with van der Waals surface area (Å²) in [6.45, 7) is 10.2. The van der Waals surface area contributed by atoms with E-state index in [9.17, 15) is 19.8 Å². The molecule has 160 valence electrons. The standard InChI is InChI=1S/C20H41N3O4/c1-8-20(3,4)17(15(2)19(26)27)18(25)22-12-9-11-21-13-10-16(24)14-23(5,6)7/h15-17,21,24H,8-14H2,1-7H3,(H-,22,25,26,27)/p+1. The third-order valence-corrected chi connectivity index (χ3v) is 5.17. The number of rotatable bonds is 14. The summed E-state index contributed by atoms with van der Waals surface area (Å²) in [6, 6.07) is 0. The molecule has 0 aromatic heterocycles. The fourth-order valence-electron chi connectivity index (χ4n) is 3.27. The number of amides is 1. The summed E-state index contributed by atoms with van der Waals surface area (Å²) in [7, 11) is 6.16. The van der Waals surface area contributed by atoms with Crippen LogP contribution in [0.4, 0.5) is 0 Å². The van der Waals surface area contributed by atoms with Gasteiger partial charge in [-0.05, 0) is 31.3 Å². The topological polar surface area (TPSA) is 98.7 Å². The van der Waals surface area contributed by atoms with Crippen LogP contribution in [0.1, 0.15) is 47.0 Å². The van der Waals surface area contributed by atoms with Crippen LogP contribution in [-0.2, 0) is 9.59 Å². The molecule has 0 spiro atoms.